The fourth-order valence-electron chi connectivity index (χ4n) is 2.42. The number of hydrogen-bond acceptors (Lipinski definition) is 4. The molecule has 16 heavy (non-hydrogen) atoms. The second-order valence-corrected chi connectivity index (χ2v) is 8.20. The second kappa shape index (κ2) is 6.26. The minimum Gasteiger partial charge on any atom is -0.310 e. The average Bonchev–Trinajstić information content (AvgIpc) is 2.15. The van der Waals surface area contributed by atoms with E-state index in [-0.39, 0.29) is 11.8 Å². The molecule has 5 heteroatoms. The highest BCUT2D eigenvalue weighted by Gasteiger charge is 2.23. The molecule has 1 fully saturated rings. The molecule has 0 spiro atoms. The van der Waals surface area contributed by atoms with Gasteiger partial charge in [0.15, 0.2) is 0 Å². The van der Waals surface area contributed by atoms with Crippen LogP contribution in [0.5, 0.6) is 0 Å². The van der Waals surface area contributed by atoms with E-state index in [9.17, 15) is 8.42 Å². The summed E-state index contributed by atoms with van der Waals surface area (Å²) in [6.07, 6.45) is 8.39. The normalized spacial score (nSPS) is 28.9. The average molecular weight is 265 g/mol. The van der Waals surface area contributed by atoms with Gasteiger partial charge in [-0.1, -0.05) is 6.42 Å². The van der Waals surface area contributed by atoms with Crippen molar-refractivity contribution in [3.05, 3.63) is 0 Å². The SMILES string of the molecule is CSC1CCCC(NC(C)CS(C)(=O)=O)C1. The van der Waals surface area contributed by atoms with Crippen molar-refractivity contribution < 1.29 is 8.42 Å². The predicted molar refractivity (Wildman–Crippen MR) is 71.9 cm³/mol. The van der Waals surface area contributed by atoms with Crippen molar-refractivity contribution in [2.24, 2.45) is 0 Å². The van der Waals surface area contributed by atoms with E-state index in [2.05, 4.69) is 11.6 Å². The topological polar surface area (TPSA) is 46.2 Å². The predicted octanol–water partition coefficient (Wildman–Crippen LogP) is 1.68. The largest absolute Gasteiger partial charge is 0.310 e. The standard InChI is InChI=1S/C11H23NO2S2/c1-9(8-16(3,13)14)12-10-5-4-6-11(7-10)15-2/h9-12H,4-8H2,1-3H3. The van der Waals surface area contributed by atoms with Crippen molar-refractivity contribution in [3.8, 4) is 0 Å². The van der Waals surface area contributed by atoms with Gasteiger partial charge in [0.25, 0.3) is 0 Å². The lowest BCUT2D eigenvalue weighted by Gasteiger charge is -2.30. The minimum atomic E-state index is -2.86. The van der Waals surface area contributed by atoms with Crippen LogP contribution in [0.15, 0.2) is 0 Å². The maximum atomic E-state index is 11.2. The lowest BCUT2D eigenvalue weighted by molar-refractivity contribution is 0.359. The Morgan fingerprint density at radius 2 is 2.12 bits per heavy atom. The van der Waals surface area contributed by atoms with Crippen molar-refractivity contribution in [1.29, 1.82) is 0 Å². The summed E-state index contributed by atoms with van der Waals surface area (Å²) in [4.78, 5) is 0. The first-order chi connectivity index (χ1) is 7.40. The number of rotatable bonds is 5. The summed E-state index contributed by atoms with van der Waals surface area (Å²) in [6, 6.07) is 0.573. The Balaban J connectivity index is 2.36. The molecule has 1 saturated carbocycles. The van der Waals surface area contributed by atoms with E-state index in [1.165, 1.54) is 31.9 Å². The molecule has 1 N–H and O–H groups in total. The van der Waals surface area contributed by atoms with Crippen LogP contribution in [0.3, 0.4) is 0 Å². The van der Waals surface area contributed by atoms with Gasteiger partial charge in [-0.25, -0.2) is 8.42 Å². The fraction of sp³-hybridized carbons (Fsp3) is 1.00. The molecule has 0 radical (unpaired) electrons. The van der Waals surface area contributed by atoms with Crippen molar-refractivity contribution >= 4 is 21.6 Å². The first-order valence-electron chi connectivity index (χ1n) is 5.87. The highest BCUT2D eigenvalue weighted by Crippen LogP contribution is 2.27. The molecule has 0 aromatic carbocycles. The smallest absolute Gasteiger partial charge is 0.148 e. The summed E-state index contributed by atoms with van der Waals surface area (Å²) in [5.41, 5.74) is 0. The van der Waals surface area contributed by atoms with Crippen molar-refractivity contribution in [2.75, 3.05) is 18.3 Å². The molecule has 1 aliphatic carbocycles. The molecule has 3 unspecified atom stereocenters. The third-order valence-electron chi connectivity index (χ3n) is 3.03. The lowest BCUT2D eigenvalue weighted by atomic mass is 9.94. The maximum Gasteiger partial charge on any atom is 0.148 e. The van der Waals surface area contributed by atoms with Gasteiger partial charge in [-0.2, -0.15) is 11.8 Å². The second-order valence-electron chi connectivity index (χ2n) is 4.88. The molecule has 0 heterocycles. The van der Waals surface area contributed by atoms with Gasteiger partial charge in [0, 0.05) is 23.6 Å². The molecular weight excluding hydrogens is 242 g/mol. The van der Waals surface area contributed by atoms with E-state index in [0.29, 0.717) is 6.04 Å². The van der Waals surface area contributed by atoms with E-state index < -0.39 is 9.84 Å². The minimum absolute atomic E-state index is 0.0700. The zero-order chi connectivity index (χ0) is 12.2. The Bertz CT molecular complexity index is 303. The molecule has 0 saturated heterocycles. The van der Waals surface area contributed by atoms with Crippen molar-refractivity contribution in [1.82, 2.24) is 5.32 Å². The Morgan fingerprint density at radius 3 is 2.69 bits per heavy atom. The van der Waals surface area contributed by atoms with Crippen molar-refractivity contribution in [3.63, 3.8) is 0 Å². The van der Waals surface area contributed by atoms with E-state index >= 15 is 0 Å². The van der Waals surface area contributed by atoms with Gasteiger partial charge in [-0.15, -0.1) is 0 Å². The lowest BCUT2D eigenvalue weighted by Crippen LogP contribution is -2.43. The molecule has 0 aliphatic heterocycles. The van der Waals surface area contributed by atoms with E-state index in [1.54, 1.807) is 0 Å². The first-order valence-corrected chi connectivity index (χ1v) is 9.22. The summed E-state index contributed by atoms with van der Waals surface area (Å²) in [5.74, 6) is 0.243. The Hall–Kier alpha value is 0.260. The van der Waals surface area contributed by atoms with Crippen LogP contribution in [0.4, 0.5) is 0 Å². The Morgan fingerprint density at radius 1 is 1.44 bits per heavy atom. The third-order valence-corrected chi connectivity index (χ3v) is 5.23. The monoisotopic (exact) mass is 265 g/mol. The van der Waals surface area contributed by atoms with Crippen LogP contribution in [0.2, 0.25) is 0 Å². The van der Waals surface area contributed by atoms with Gasteiger partial charge in [0.2, 0.25) is 0 Å². The van der Waals surface area contributed by atoms with Crippen LogP contribution in [-0.2, 0) is 9.84 Å². The molecule has 0 aromatic rings. The molecular formula is C11H23NO2S2. The quantitative estimate of drug-likeness (QED) is 0.821. The van der Waals surface area contributed by atoms with Crippen LogP contribution < -0.4 is 5.32 Å². The van der Waals surface area contributed by atoms with Gasteiger partial charge in [-0.3, -0.25) is 0 Å². The zero-order valence-corrected chi connectivity index (χ0v) is 12.0. The Kier molecular flexibility index (Phi) is 5.61. The summed E-state index contributed by atoms with van der Waals surface area (Å²) in [5, 5.41) is 4.19. The van der Waals surface area contributed by atoms with E-state index in [0.717, 1.165) is 5.25 Å². The van der Waals surface area contributed by atoms with Crippen LogP contribution in [0.25, 0.3) is 0 Å². The molecule has 0 bridgehead atoms. The summed E-state index contributed by atoms with van der Waals surface area (Å²) >= 11 is 1.93. The van der Waals surface area contributed by atoms with Gasteiger partial charge >= 0.3 is 0 Å². The molecule has 0 amide bonds. The molecule has 96 valence electrons. The van der Waals surface area contributed by atoms with Crippen LogP contribution in [0.1, 0.15) is 32.6 Å². The molecule has 3 nitrogen and oxygen atoms in total. The molecule has 1 aliphatic rings. The zero-order valence-electron chi connectivity index (χ0n) is 10.4. The van der Waals surface area contributed by atoms with E-state index in [1.807, 2.05) is 18.7 Å². The first kappa shape index (κ1) is 14.3. The molecule has 0 aromatic heterocycles. The van der Waals surface area contributed by atoms with Crippen LogP contribution >= 0.6 is 11.8 Å². The van der Waals surface area contributed by atoms with Crippen LogP contribution in [0, 0.1) is 0 Å². The molecule has 1 rings (SSSR count). The van der Waals surface area contributed by atoms with E-state index in [4.69, 9.17) is 0 Å². The highest BCUT2D eigenvalue weighted by molar-refractivity contribution is 7.99. The number of nitrogens with one attached hydrogen (secondary N) is 1. The number of sulfone groups is 1. The maximum absolute atomic E-state index is 11.2. The fourth-order valence-corrected chi connectivity index (χ4v) is 4.25. The number of thioether (sulfide) groups is 1. The van der Waals surface area contributed by atoms with Gasteiger partial charge < -0.3 is 5.32 Å². The van der Waals surface area contributed by atoms with Crippen molar-refractivity contribution in [2.45, 2.75) is 49.9 Å². The van der Waals surface area contributed by atoms with Crippen LogP contribution in [-0.4, -0.2) is 44.0 Å². The number of hydrogen-bond donors (Lipinski definition) is 1. The highest BCUT2D eigenvalue weighted by atomic mass is 32.2. The van der Waals surface area contributed by atoms with Gasteiger partial charge in [-0.05, 0) is 32.4 Å². The summed E-state index contributed by atoms with van der Waals surface area (Å²) in [6.45, 7) is 1.96. The summed E-state index contributed by atoms with van der Waals surface area (Å²) < 4.78 is 22.3. The molecule has 3 atom stereocenters. The third kappa shape index (κ3) is 5.55. The van der Waals surface area contributed by atoms with Gasteiger partial charge in [0.05, 0.1) is 5.75 Å². The summed E-state index contributed by atoms with van der Waals surface area (Å²) in [7, 11) is -2.86. The van der Waals surface area contributed by atoms with Gasteiger partial charge in [0.1, 0.15) is 9.84 Å². The Labute approximate surface area is 104 Å².